The van der Waals surface area contributed by atoms with Crippen molar-refractivity contribution in [3.63, 3.8) is 0 Å². The molecular formula is C16H21N5O3. The summed E-state index contributed by atoms with van der Waals surface area (Å²) >= 11 is 0. The molecule has 0 aliphatic rings. The van der Waals surface area contributed by atoms with E-state index in [9.17, 15) is 9.59 Å². The van der Waals surface area contributed by atoms with Crippen molar-refractivity contribution in [1.82, 2.24) is 25.0 Å². The molecule has 1 heterocycles. The van der Waals surface area contributed by atoms with E-state index in [1.807, 2.05) is 30.3 Å². The van der Waals surface area contributed by atoms with Crippen molar-refractivity contribution < 1.29 is 14.3 Å². The molecule has 0 atom stereocenters. The Bertz CT molecular complexity index is 671. The second kappa shape index (κ2) is 8.78. The molecule has 0 fully saturated rings. The number of amides is 2. The summed E-state index contributed by atoms with van der Waals surface area (Å²) in [5.74, 6) is 0.108. The van der Waals surface area contributed by atoms with Crippen LogP contribution in [0.1, 0.15) is 0 Å². The lowest BCUT2D eigenvalue weighted by atomic mass is 10.2. The molecule has 1 aromatic heterocycles. The Morgan fingerprint density at radius 1 is 1.29 bits per heavy atom. The maximum Gasteiger partial charge on any atom is 0.244 e. The third kappa shape index (κ3) is 5.17. The van der Waals surface area contributed by atoms with E-state index in [4.69, 9.17) is 4.74 Å². The molecule has 0 aliphatic carbocycles. The standard InChI is InChI=1S/C16H21N5O3/c1-20(10-14(22)17-8-9-24-2)15(23)11-21-12-18-16(19-21)13-6-4-3-5-7-13/h3-7,12H,8-11H2,1-2H3,(H,17,22). The Labute approximate surface area is 140 Å². The first kappa shape index (κ1) is 17.6. The second-order valence-corrected chi connectivity index (χ2v) is 5.22. The molecule has 0 saturated heterocycles. The summed E-state index contributed by atoms with van der Waals surface area (Å²) in [6.45, 7) is 0.871. The lowest BCUT2D eigenvalue weighted by molar-refractivity contribution is -0.135. The van der Waals surface area contributed by atoms with Gasteiger partial charge in [-0.05, 0) is 0 Å². The van der Waals surface area contributed by atoms with Gasteiger partial charge in [0.1, 0.15) is 12.9 Å². The monoisotopic (exact) mass is 331 g/mol. The molecule has 2 aromatic rings. The van der Waals surface area contributed by atoms with Gasteiger partial charge in [0.15, 0.2) is 5.82 Å². The van der Waals surface area contributed by atoms with Gasteiger partial charge in [-0.1, -0.05) is 30.3 Å². The molecule has 2 amide bonds. The van der Waals surface area contributed by atoms with Gasteiger partial charge in [-0.25, -0.2) is 9.67 Å². The first-order valence-corrected chi connectivity index (χ1v) is 7.54. The van der Waals surface area contributed by atoms with Gasteiger partial charge in [0.2, 0.25) is 11.8 Å². The number of aromatic nitrogens is 3. The normalized spacial score (nSPS) is 10.4. The number of methoxy groups -OCH3 is 1. The van der Waals surface area contributed by atoms with Crippen molar-refractivity contribution in [2.45, 2.75) is 6.54 Å². The van der Waals surface area contributed by atoms with Gasteiger partial charge < -0.3 is 15.0 Å². The third-order valence-electron chi connectivity index (χ3n) is 3.30. The van der Waals surface area contributed by atoms with E-state index in [2.05, 4.69) is 15.4 Å². The van der Waals surface area contributed by atoms with Crippen LogP contribution in [0.25, 0.3) is 11.4 Å². The van der Waals surface area contributed by atoms with Gasteiger partial charge in [0, 0.05) is 26.3 Å². The summed E-state index contributed by atoms with van der Waals surface area (Å²) < 4.78 is 6.31. The fourth-order valence-corrected chi connectivity index (χ4v) is 2.00. The van der Waals surface area contributed by atoms with Crippen molar-refractivity contribution in [2.24, 2.45) is 0 Å². The van der Waals surface area contributed by atoms with E-state index in [1.54, 1.807) is 14.2 Å². The lowest BCUT2D eigenvalue weighted by Crippen LogP contribution is -2.40. The van der Waals surface area contributed by atoms with Crippen LogP contribution in [-0.2, 0) is 20.9 Å². The molecule has 0 bridgehead atoms. The molecule has 1 aromatic carbocycles. The smallest absolute Gasteiger partial charge is 0.244 e. The van der Waals surface area contributed by atoms with Crippen LogP contribution in [0.4, 0.5) is 0 Å². The van der Waals surface area contributed by atoms with E-state index >= 15 is 0 Å². The minimum atomic E-state index is -0.230. The van der Waals surface area contributed by atoms with Crippen molar-refractivity contribution in [3.05, 3.63) is 36.7 Å². The van der Waals surface area contributed by atoms with Gasteiger partial charge in [0.05, 0.1) is 13.2 Å². The highest BCUT2D eigenvalue weighted by Gasteiger charge is 2.14. The van der Waals surface area contributed by atoms with Gasteiger partial charge >= 0.3 is 0 Å². The second-order valence-electron chi connectivity index (χ2n) is 5.22. The van der Waals surface area contributed by atoms with Crippen molar-refractivity contribution in [2.75, 3.05) is 33.9 Å². The number of ether oxygens (including phenoxy) is 1. The summed E-state index contributed by atoms with van der Waals surface area (Å²) in [4.78, 5) is 29.4. The summed E-state index contributed by atoms with van der Waals surface area (Å²) in [5, 5.41) is 6.95. The molecule has 2 rings (SSSR count). The lowest BCUT2D eigenvalue weighted by Gasteiger charge is -2.16. The Morgan fingerprint density at radius 2 is 2.04 bits per heavy atom. The summed E-state index contributed by atoms with van der Waals surface area (Å²) in [5.41, 5.74) is 0.884. The number of nitrogens with one attached hydrogen (secondary N) is 1. The summed E-state index contributed by atoms with van der Waals surface area (Å²) in [7, 11) is 3.14. The topological polar surface area (TPSA) is 89.4 Å². The summed E-state index contributed by atoms with van der Waals surface area (Å²) in [6, 6.07) is 9.51. The van der Waals surface area contributed by atoms with E-state index in [0.29, 0.717) is 19.0 Å². The van der Waals surface area contributed by atoms with Crippen LogP contribution in [-0.4, -0.2) is 65.3 Å². The number of benzene rings is 1. The molecule has 0 radical (unpaired) electrons. The van der Waals surface area contributed by atoms with Crippen LogP contribution >= 0.6 is 0 Å². The van der Waals surface area contributed by atoms with Crippen molar-refractivity contribution in [1.29, 1.82) is 0 Å². The van der Waals surface area contributed by atoms with E-state index in [1.165, 1.54) is 15.9 Å². The Kier molecular flexibility index (Phi) is 6.44. The molecule has 0 unspecified atom stereocenters. The number of hydrogen-bond acceptors (Lipinski definition) is 5. The highest BCUT2D eigenvalue weighted by Crippen LogP contribution is 2.12. The van der Waals surface area contributed by atoms with Crippen LogP contribution in [0, 0.1) is 0 Å². The molecule has 0 spiro atoms. The molecule has 8 nitrogen and oxygen atoms in total. The van der Waals surface area contributed by atoms with Crippen LogP contribution in [0.3, 0.4) is 0 Å². The maximum absolute atomic E-state index is 12.2. The largest absolute Gasteiger partial charge is 0.383 e. The van der Waals surface area contributed by atoms with Gasteiger partial charge in [-0.2, -0.15) is 5.10 Å². The zero-order valence-corrected chi connectivity index (χ0v) is 13.8. The first-order valence-electron chi connectivity index (χ1n) is 7.54. The number of nitrogens with zero attached hydrogens (tertiary/aromatic N) is 4. The molecule has 1 N–H and O–H groups in total. The third-order valence-corrected chi connectivity index (χ3v) is 3.30. The highest BCUT2D eigenvalue weighted by atomic mass is 16.5. The van der Waals surface area contributed by atoms with Gasteiger partial charge in [-0.3, -0.25) is 9.59 Å². The minimum absolute atomic E-state index is 0.0111. The maximum atomic E-state index is 12.2. The molecule has 0 aliphatic heterocycles. The Hall–Kier alpha value is -2.74. The minimum Gasteiger partial charge on any atom is -0.383 e. The number of rotatable bonds is 8. The number of likely N-dealkylation sites (N-methyl/N-ethyl adjacent to an activating group) is 1. The van der Waals surface area contributed by atoms with Crippen LogP contribution in [0.5, 0.6) is 0 Å². The fourth-order valence-electron chi connectivity index (χ4n) is 2.00. The van der Waals surface area contributed by atoms with Crippen molar-refractivity contribution >= 4 is 11.8 Å². The highest BCUT2D eigenvalue weighted by molar-refractivity contribution is 5.84. The van der Waals surface area contributed by atoms with Crippen LogP contribution < -0.4 is 5.32 Å². The average molecular weight is 331 g/mol. The predicted octanol–water partition coefficient (Wildman–Crippen LogP) is 0.166. The zero-order chi connectivity index (χ0) is 17.4. The van der Waals surface area contributed by atoms with Gasteiger partial charge in [0.25, 0.3) is 0 Å². The zero-order valence-electron chi connectivity index (χ0n) is 13.8. The quantitative estimate of drug-likeness (QED) is 0.696. The molecule has 0 saturated carbocycles. The number of carbonyl (C=O) groups is 2. The van der Waals surface area contributed by atoms with E-state index in [-0.39, 0.29) is 24.9 Å². The predicted molar refractivity (Wildman–Crippen MR) is 88.0 cm³/mol. The van der Waals surface area contributed by atoms with Crippen LogP contribution in [0.2, 0.25) is 0 Å². The SMILES string of the molecule is COCCNC(=O)CN(C)C(=O)Cn1cnc(-c2ccccc2)n1. The van der Waals surface area contributed by atoms with E-state index < -0.39 is 0 Å². The van der Waals surface area contributed by atoms with Gasteiger partial charge in [-0.15, -0.1) is 0 Å². The number of carbonyl (C=O) groups excluding carboxylic acids is 2. The first-order chi connectivity index (χ1) is 11.6. The molecule has 24 heavy (non-hydrogen) atoms. The molecule has 128 valence electrons. The Morgan fingerprint density at radius 3 is 2.75 bits per heavy atom. The number of hydrogen-bond donors (Lipinski definition) is 1. The summed E-state index contributed by atoms with van der Waals surface area (Å²) in [6.07, 6.45) is 1.51. The molecule has 8 heteroatoms. The average Bonchev–Trinajstić information content (AvgIpc) is 3.04. The molecular weight excluding hydrogens is 310 g/mol. The van der Waals surface area contributed by atoms with Crippen molar-refractivity contribution in [3.8, 4) is 11.4 Å². The fraction of sp³-hybridized carbons (Fsp3) is 0.375. The Balaban J connectivity index is 1.86. The van der Waals surface area contributed by atoms with E-state index in [0.717, 1.165) is 5.56 Å². The van der Waals surface area contributed by atoms with Crippen LogP contribution in [0.15, 0.2) is 36.7 Å².